The monoisotopic (exact) mass is 305 g/mol. The van der Waals surface area contributed by atoms with Gasteiger partial charge in [0.15, 0.2) is 6.10 Å². The normalized spacial score (nSPS) is 12.2. The van der Waals surface area contributed by atoms with Gasteiger partial charge in [0.25, 0.3) is 11.7 Å². The number of carboxylic acid groups (broad SMARTS) is 1. The van der Waals surface area contributed by atoms with Crippen LogP contribution in [0.5, 0.6) is 0 Å². The molecule has 1 aromatic rings. The maximum absolute atomic E-state index is 12.3. The van der Waals surface area contributed by atoms with E-state index in [1.165, 1.54) is 24.3 Å². The molecule has 0 saturated carbocycles. The number of rotatable bonds is 7. The van der Waals surface area contributed by atoms with Gasteiger partial charge in [0.1, 0.15) is 0 Å². The first kappa shape index (κ1) is 16.4. The summed E-state index contributed by atoms with van der Waals surface area (Å²) in [7, 11) is 0. The molecule has 1 atom stereocenters. The van der Waals surface area contributed by atoms with E-state index in [2.05, 4.69) is 5.32 Å². The van der Waals surface area contributed by atoms with Gasteiger partial charge < -0.3 is 15.5 Å². The molecule has 0 saturated heterocycles. The van der Waals surface area contributed by atoms with Crippen LogP contribution in [0, 0.1) is 0 Å². The Bertz CT molecular complexity index is 484. The summed E-state index contributed by atoms with van der Waals surface area (Å²) in [6.07, 6.45) is -1.73. The second-order valence-electron chi connectivity index (χ2n) is 3.77. The number of alkyl halides is 2. The number of amides is 1. The fourth-order valence-corrected chi connectivity index (χ4v) is 2.03. The third-order valence-electron chi connectivity index (χ3n) is 2.34. The Morgan fingerprint density at radius 1 is 1.30 bits per heavy atom. The molecule has 0 aliphatic carbocycles. The topological polar surface area (TPSA) is 86.6 Å². The number of aliphatic hydroxyl groups is 1. The van der Waals surface area contributed by atoms with E-state index in [9.17, 15) is 18.4 Å². The quantitative estimate of drug-likeness (QED) is 0.666. The molecule has 0 radical (unpaired) electrons. The van der Waals surface area contributed by atoms with E-state index < -0.39 is 23.7 Å². The fourth-order valence-electron chi connectivity index (χ4n) is 1.39. The highest BCUT2D eigenvalue weighted by Gasteiger charge is 2.16. The minimum Gasteiger partial charge on any atom is -0.479 e. The van der Waals surface area contributed by atoms with E-state index in [4.69, 9.17) is 10.2 Å². The number of carbonyl (C=O) groups is 2. The second-order valence-corrected chi connectivity index (χ2v) is 4.81. The van der Waals surface area contributed by atoms with Gasteiger partial charge in [-0.1, -0.05) is 23.9 Å². The van der Waals surface area contributed by atoms with Crippen LogP contribution in [0.4, 0.5) is 8.78 Å². The molecule has 1 aromatic carbocycles. The summed E-state index contributed by atoms with van der Waals surface area (Å²) in [5.41, 5.74) is 0.0858. The lowest BCUT2D eigenvalue weighted by molar-refractivity contribution is -0.146. The molecule has 0 spiro atoms. The minimum atomic E-state index is -2.64. The highest BCUT2D eigenvalue weighted by molar-refractivity contribution is 7.99. The van der Waals surface area contributed by atoms with Crippen molar-refractivity contribution in [3.05, 3.63) is 29.8 Å². The van der Waals surface area contributed by atoms with Gasteiger partial charge in [0, 0.05) is 17.9 Å². The van der Waals surface area contributed by atoms with Crippen molar-refractivity contribution in [1.82, 2.24) is 5.32 Å². The zero-order valence-corrected chi connectivity index (χ0v) is 11.1. The van der Waals surface area contributed by atoms with Crippen molar-refractivity contribution in [1.29, 1.82) is 0 Å². The van der Waals surface area contributed by atoms with Crippen molar-refractivity contribution in [2.24, 2.45) is 0 Å². The Labute approximate surface area is 118 Å². The number of hydrogen-bond donors (Lipinski definition) is 3. The average Bonchev–Trinajstić information content (AvgIpc) is 2.38. The van der Waals surface area contributed by atoms with Crippen molar-refractivity contribution >= 4 is 23.6 Å². The zero-order valence-electron chi connectivity index (χ0n) is 10.3. The maximum Gasteiger partial charge on any atom is 0.332 e. The number of aliphatic hydroxyl groups excluding tert-OH is 1. The Kier molecular flexibility index (Phi) is 6.40. The number of nitrogens with one attached hydrogen (secondary N) is 1. The first-order valence-electron chi connectivity index (χ1n) is 5.64. The van der Waals surface area contributed by atoms with Crippen LogP contribution >= 0.6 is 11.8 Å². The first-order chi connectivity index (χ1) is 9.41. The Balaban J connectivity index is 2.61. The van der Waals surface area contributed by atoms with Crippen LogP contribution in [0.3, 0.4) is 0 Å². The number of carbonyl (C=O) groups excluding carboxylic acids is 1. The van der Waals surface area contributed by atoms with Gasteiger partial charge in [0.2, 0.25) is 0 Å². The molecule has 3 N–H and O–H groups in total. The van der Waals surface area contributed by atoms with Crippen LogP contribution in [-0.4, -0.2) is 40.5 Å². The highest BCUT2D eigenvalue weighted by Crippen LogP contribution is 2.28. The maximum atomic E-state index is 12.3. The van der Waals surface area contributed by atoms with Gasteiger partial charge >= 0.3 is 5.97 Å². The van der Waals surface area contributed by atoms with E-state index in [0.717, 1.165) is 0 Å². The third kappa shape index (κ3) is 5.14. The summed E-state index contributed by atoms with van der Waals surface area (Å²) in [6, 6.07) is 5.87. The van der Waals surface area contributed by atoms with Crippen molar-refractivity contribution in [2.45, 2.75) is 23.2 Å². The number of aliphatic carboxylic acids is 1. The summed E-state index contributed by atoms with van der Waals surface area (Å²) in [6.45, 7) is -0.0695. The standard InChI is InChI=1S/C12H13F2NO4S/c13-12(14)20-9-4-2-1-3-7(9)10(17)15-6-5-8(16)11(18)19/h1-4,8,12,16H,5-6H2,(H,15,17)(H,18,19)/t8-/m0/s1. The molecule has 1 amide bonds. The van der Waals surface area contributed by atoms with Crippen LogP contribution in [0.2, 0.25) is 0 Å². The molecular formula is C12H13F2NO4S. The summed E-state index contributed by atoms with van der Waals surface area (Å²) >= 11 is 0.260. The number of halogens is 2. The molecule has 0 heterocycles. The average molecular weight is 305 g/mol. The molecule has 0 aliphatic heterocycles. The second kappa shape index (κ2) is 7.81. The summed E-state index contributed by atoms with van der Waals surface area (Å²) < 4.78 is 24.7. The summed E-state index contributed by atoms with van der Waals surface area (Å²) in [5.74, 6) is -4.61. The van der Waals surface area contributed by atoms with E-state index in [-0.39, 0.29) is 35.2 Å². The van der Waals surface area contributed by atoms with Crippen LogP contribution in [0.25, 0.3) is 0 Å². The number of thioether (sulfide) groups is 1. The molecular weight excluding hydrogens is 292 g/mol. The minimum absolute atomic E-state index is 0.0695. The van der Waals surface area contributed by atoms with E-state index in [1.54, 1.807) is 0 Å². The number of hydrogen-bond acceptors (Lipinski definition) is 4. The van der Waals surface area contributed by atoms with Crippen molar-refractivity contribution in [3.63, 3.8) is 0 Å². The SMILES string of the molecule is O=C(NCC[C@H](O)C(=O)O)c1ccccc1SC(F)F. The molecule has 1 rings (SSSR count). The van der Waals surface area contributed by atoms with Gasteiger partial charge in [-0.2, -0.15) is 8.78 Å². The zero-order chi connectivity index (χ0) is 15.1. The lowest BCUT2D eigenvalue weighted by Gasteiger charge is -2.10. The lowest BCUT2D eigenvalue weighted by Crippen LogP contribution is -2.30. The Morgan fingerprint density at radius 2 is 1.95 bits per heavy atom. The predicted molar refractivity (Wildman–Crippen MR) is 68.9 cm³/mol. The van der Waals surface area contributed by atoms with Crippen molar-refractivity contribution in [2.75, 3.05) is 6.54 Å². The first-order valence-corrected chi connectivity index (χ1v) is 6.52. The van der Waals surface area contributed by atoms with Crippen molar-refractivity contribution in [3.8, 4) is 0 Å². The predicted octanol–water partition coefficient (Wildman–Crippen LogP) is 1.57. The molecule has 0 bridgehead atoms. The highest BCUT2D eigenvalue weighted by atomic mass is 32.2. The van der Waals surface area contributed by atoms with Gasteiger partial charge in [-0.25, -0.2) is 4.79 Å². The van der Waals surface area contributed by atoms with Crippen molar-refractivity contribution < 1.29 is 28.6 Å². The van der Waals surface area contributed by atoms with Gasteiger partial charge in [-0.3, -0.25) is 4.79 Å². The van der Waals surface area contributed by atoms with Crippen LogP contribution < -0.4 is 5.32 Å². The molecule has 8 heteroatoms. The van der Waals surface area contributed by atoms with Gasteiger partial charge in [-0.15, -0.1) is 0 Å². The molecule has 110 valence electrons. The van der Waals surface area contributed by atoms with Crippen LogP contribution in [-0.2, 0) is 4.79 Å². The number of carboxylic acids is 1. The molecule has 5 nitrogen and oxygen atoms in total. The van der Waals surface area contributed by atoms with E-state index in [0.29, 0.717) is 0 Å². The molecule has 0 aliphatic rings. The van der Waals surface area contributed by atoms with Gasteiger partial charge in [0.05, 0.1) is 5.56 Å². The molecule has 0 unspecified atom stereocenters. The third-order valence-corrected chi connectivity index (χ3v) is 3.12. The summed E-state index contributed by atoms with van der Waals surface area (Å²) in [4.78, 5) is 22.3. The molecule has 0 fully saturated rings. The van der Waals surface area contributed by atoms with Gasteiger partial charge in [-0.05, 0) is 12.1 Å². The smallest absolute Gasteiger partial charge is 0.332 e. The van der Waals surface area contributed by atoms with Crippen LogP contribution in [0.15, 0.2) is 29.2 Å². The largest absolute Gasteiger partial charge is 0.479 e. The molecule has 20 heavy (non-hydrogen) atoms. The molecule has 0 aromatic heterocycles. The summed E-state index contributed by atoms with van der Waals surface area (Å²) in [5, 5.41) is 19.9. The lowest BCUT2D eigenvalue weighted by atomic mass is 10.2. The fraction of sp³-hybridized carbons (Fsp3) is 0.333. The number of benzene rings is 1. The van der Waals surface area contributed by atoms with E-state index >= 15 is 0 Å². The Morgan fingerprint density at radius 3 is 2.55 bits per heavy atom. The van der Waals surface area contributed by atoms with E-state index in [1.807, 2.05) is 0 Å². The van der Waals surface area contributed by atoms with Crippen LogP contribution in [0.1, 0.15) is 16.8 Å². The Hall–Kier alpha value is -1.67.